The minimum absolute atomic E-state index is 0.138. The Morgan fingerprint density at radius 1 is 1.00 bits per heavy atom. The molecule has 8 heteroatoms. The van der Waals surface area contributed by atoms with Gasteiger partial charge in [-0.2, -0.15) is 0 Å². The van der Waals surface area contributed by atoms with Crippen molar-refractivity contribution in [2.45, 2.75) is 65.1 Å². The van der Waals surface area contributed by atoms with Gasteiger partial charge < -0.3 is 15.7 Å². The van der Waals surface area contributed by atoms with Gasteiger partial charge in [0, 0.05) is 32.6 Å². The molecule has 0 aromatic heterocycles. The lowest BCUT2D eigenvalue weighted by atomic mass is 9.99. The zero-order valence-electron chi connectivity index (χ0n) is 21.2. The smallest absolute Gasteiger partial charge is 0.221 e. The van der Waals surface area contributed by atoms with Gasteiger partial charge in [0.25, 0.3) is 0 Å². The van der Waals surface area contributed by atoms with Crippen LogP contribution in [0.4, 0.5) is 0 Å². The molecule has 0 spiro atoms. The average molecular weight is 504 g/mol. The molecule has 0 bridgehead atoms. The number of hydrogen-bond acceptors (Lipinski definition) is 5. The third kappa shape index (κ3) is 10.5. The van der Waals surface area contributed by atoms with Gasteiger partial charge in [-0.1, -0.05) is 74.0 Å². The molecule has 0 fully saturated rings. The van der Waals surface area contributed by atoms with Crippen LogP contribution in [0, 0.1) is 6.92 Å². The molecule has 0 radical (unpaired) electrons. The van der Waals surface area contributed by atoms with Crippen LogP contribution in [0.1, 0.15) is 49.8 Å². The number of sulfonamides is 1. The molecule has 7 nitrogen and oxygen atoms in total. The number of rotatable bonds is 16. The van der Waals surface area contributed by atoms with Crippen molar-refractivity contribution >= 4 is 15.9 Å². The van der Waals surface area contributed by atoms with Crippen LogP contribution in [-0.4, -0.2) is 61.3 Å². The maximum absolute atomic E-state index is 12.8. The molecule has 0 unspecified atom stereocenters. The molecular formula is C27H41N3O4S. The second kappa shape index (κ2) is 15.0. The molecule has 2 aromatic rings. The minimum atomic E-state index is -3.51. The number of hydrogen-bond donors (Lipinski definition) is 3. The van der Waals surface area contributed by atoms with Gasteiger partial charge in [-0.3, -0.25) is 4.79 Å². The Kier molecular flexibility index (Phi) is 12.4. The Morgan fingerprint density at radius 3 is 2.29 bits per heavy atom. The highest BCUT2D eigenvalue weighted by atomic mass is 32.2. The van der Waals surface area contributed by atoms with Crippen molar-refractivity contribution in [3.63, 3.8) is 0 Å². The van der Waals surface area contributed by atoms with Crippen LogP contribution in [0.5, 0.6) is 0 Å². The zero-order valence-corrected chi connectivity index (χ0v) is 22.1. The molecule has 35 heavy (non-hydrogen) atoms. The largest absolute Gasteiger partial charge is 0.390 e. The summed E-state index contributed by atoms with van der Waals surface area (Å²) < 4.78 is 26.9. The van der Waals surface area contributed by atoms with E-state index in [0.29, 0.717) is 32.6 Å². The summed E-state index contributed by atoms with van der Waals surface area (Å²) in [6.07, 6.45) is 0.932. The standard InChI is InChI=1S/C27H41N3O4S/c1-4-15-30(16-5-2)35(33,34)17-14-27(32)29-25(19-24-13-9-10-22(3)18-24)26(31)21-28-20-23-11-7-6-8-12-23/h6-13,18,25-26,28,31H,4-5,14-17,19-21H2,1-3H3,(H,29,32)/t25-,26+/m0/s1. The number of aryl methyl sites for hydroxylation is 1. The molecule has 0 aliphatic carbocycles. The van der Waals surface area contributed by atoms with Crippen molar-refractivity contribution in [2.75, 3.05) is 25.4 Å². The topological polar surface area (TPSA) is 98.7 Å². The second-order valence-electron chi connectivity index (χ2n) is 9.02. The number of aliphatic hydroxyl groups excluding tert-OH is 1. The van der Waals surface area contributed by atoms with Gasteiger partial charge in [-0.15, -0.1) is 0 Å². The van der Waals surface area contributed by atoms with Gasteiger partial charge in [0.1, 0.15) is 0 Å². The summed E-state index contributed by atoms with van der Waals surface area (Å²) in [7, 11) is -3.51. The first-order valence-electron chi connectivity index (χ1n) is 12.5. The fourth-order valence-electron chi connectivity index (χ4n) is 4.00. The van der Waals surface area contributed by atoms with Crippen molar-refractivity contribution in [3.8, 4) is 0 Å². The molecule has 0 aliphatic heterocycles. The van der Waals surface area contributed by atoms with Crippen LogP contribution in [0.2, 0.25) is 0 Å². The highest BCUT2D eigenvalue weighted by molar-refractivity contribution is 7.89. The Labute approximate surface area is 211 Å². The van der Waals surface area contributed by atoms with Crippen LogP contribution in [-0.2, 0) is 27.8 Å². The van der Waals surface area contributed by atoms with Gasteiger partial charge in [0.05, 0.1) is 17.9 Å². The Bertz CT molecular complexity index is 992. The van der Waals surface area contributed by atoms with Crippen LogP contribution in [0.15, 0.2) is 54.6 Å². The van der Waals surface area contributed by atoms with E-state index in [-0.39, 0.29) is 18.1 Å². The summed E-state index contributed by atoms with van der Waals surface area (Å²) >= 11 is 0. The van der Waals surface area contributed by atoms with Crippen LogP contribution < -0.4 is 10.6 Å². The number of amides is 1. The normalized spacial score (nSPS) is 13.5. The maximum Gasteiger partial charge on any atom is 0.221 e. The molecule has 0 aliphatic rings. The summed E-state index contributed by atoms with van der Waals surface area (Å²) in [4.78, 5) is 12.8. The van der Waals surface area contributed by atoms with E-state index in [9.17, 15) is 18.3 Å². The number of carbonyl (C=O) groups excluding carboxylic acids is 1. The first-order chi connectivity index (χ1) is 16.7. The van der Waals surface area contributed by atoms with Crippen molar-refractivity contribution in [1.29, 1.82) is 0 Å². The number of benzene rings is 2. The number of nitrogens with one attached hydrogen (secondary N) is 2. The predicted molar refractivity (Wildman–Crippen MR) is 142 cm³/mol. The second-order valence-corrected chi connectivity index (χ2v) is 11.1. The lowest BCUT2D eigenvalue weighted by Crippen LogP contribution is -2.49. The summed E-state index contributed by atoms with van der Waals surface area (Å²) in [6.45, 7) is 7.69. The number of nitrogens with zero attached hydrogens (tertiary/aromatic N) is 1. The average Bonchev–Trinajstić information content (AvgIpc) is 2.83. The predicted octanol–water partition coefficient (Wildman–Crippen LogP) is 3.01. The molecule has 2 aromatic carbocycles. The number of carbonyl (C=O) groups is 1. The summed E-state index contributed by atoms with van der Waals surface area (Å²) in [5.74, 6) is -0.612. The first kappa shape index (κ1) is 29.0. The lowest BCUT2D eigenvalue weighted by Gasteiger charge is -2.25. The van der Waals surface area contributed by atoms with Gasteiger partial charge in [0.15, 0.2) is 0 Å². The van der Waals surface area contributed by atoms with Gasteiger partial charge >= 0.3 is 0 Å². The van der Waals surface area contributed by atoms with Gasteiger partial charge in [0.2, 0.25) is 15.9 Å². The Balaban J connectivity index is 2.01. The van der Waals surface area contributed by atoms with Crippen LogP contribution in [0.3, 0.4) is 0 Å². The fraction of sp³-hybridized carbons (Fsp3) is 0.519. The molecule has 2 rings (SSSR count). The van der Waals surface area contributed by atoms with Crippen molar-refractivity contribution < 1.29 is 18.3 Å². The van der Waals surface area contributed by atoms with E-state index in [1.165, 1.54) is 4.31 Å². The molecule has 1 amide bonds. The molecule has 0 saturated carbocycles. The molecule has 0 saturated heterocycles. The lowest BCUT2D eigenvalue weighted by molar-refractivity contribution is -0.122. The summed E-state index contributed by atoms with van der Waals surface area (Å²) in [6, 6.07) is 17.3. The van der Waals surface area contributed by atoms with Crippen LogP contribution in [0.25, 0.3) is 0 Å². The van der Waals surface area contributed by atoms with Crippen LogP contribution >= 0.6 is 0 Å². The molecule has 0 heterocycles. The SMILES string of the molecule is CCCN(CCC)S(=O)(=O)CCC(=O)N[C@@H](Cc1cccc(C)c1)[C@H](O)CNCc1ccccc1. The summed E-state index contributed by atoms with van der Waals surface area (Å²) in [5.41, 5.74) is 3.21. The van der Waals surface area contributed by atoms with Crippen molar-refractivity contribution in [3.05, 3.63) is 71.3 Å². The summed E-state index contributed by atoms with van der Waals surface area (Å²) in [5, 5.41) is 17.1. The number of aliphatic hydroxyl groups is 1. The maximum atomic E-state index is 12.8. The van der Waals surface area contributed by atoms with E-state index in [2.05, 4.69) is 10.6 Å². The van der Waals surface area contributed by atoms with E-state index >= 15 is 0 Å². The van der Waals surface area contributed by atoms with E-state index in [1.54, 1.807) is 0 Å². The highest BCUT2D eigenvalue weighted by Crippen LogP contribution is 2.11. The third-order valence-corrected chi connectivity index (χ3v) is 7.67. The highest BCUT2D eigenvalue weighted by Gasteiger charge is 2.25. The van der Waals surface area contributed by atoms with E-state index in [1.807, 2.05) is 75.4 Å². The molecule has 2 atom stereocenters. The molecular weight excluding hydrogens is 462 g/mol. The monoisotopic (exact) mass is 503 g/mol. The van der Waals surface area contributed by atoms with E-state index in [0.717, 1.165) is 29.5 Å². The van der Waals surface area contributed by atoms with Crippen molar-refractivity contribution in [2.24, 2.45) is 0 Å². The van der Waals surface area contributed by atoms with E-state index in [4.69, 9.17) is 0 Å². The van der Waals surface area contributed by atoms with Gasteiger partial charge in [-0.25, -0.2) is 12.7 Å². The third-order valence-electron chi connectivity index (χ3n) is 5.80. The quantitative estimate of drug-likeness (QED) is 0.327. The Morgan fingerprint density at radius 2 is 1.66 bits per heavy atom. The zero-order chi connectivity index (χ0) is 25.7. The minimum Gasteiger partial charge on any atom is -0.390 e. The first-order valence-corrected chi connectivity index (χ1v) is 14.1. The van der Waals surface area contributed by atoms with Crippen molar-refractivity contribution in [1.82, 2.24) is 14.9 Å². The van der Waals surface area contributed by atoms with E-state index < -0.39 is 22.2 Å². The van der Waals surface area contributed by atoms with Gasteiger partial charge in [-0.05, 0) is 37.3 Å². The fourth-order valence-corrected chi connectivity index (χ4v) is 5.62. The molecule has 3 N–H and O–H groups in total. The molecule has 194 valence electrons. The Hall–Kier alpha value is -2.26.